The second kappa shape index (κ2) is 16.3. The minimum absolute atomic E-state index is 0.331. The third-order valence-electron chi connectivity index (χ3n) is 4.15. The molecule has 0 spiro atoms. The van der Waals surface area contributed by atoms with Crippen LogP contribution in [0.4, 0.5) is 0 Å². The van der Waals surface area contributed by atoms with Gasteiger partial charge in [0.1, 0.15) is 0 Å². The van der Waals surface area contributed by atoms with Gasteiger partial charge in [-0.3, -0.25) is 0 Å². The number of aliphatic hydroxyl groups is 2. The Morgan fingerprint density at radius 1 is 0.724 bits per heavy atom. The van der Waals surface area contributed by atoms with Crippen molar-refractivity contribution in [3.05, 3.63) is 71.8 Å². The maximum Gasteiger partial charge on any atom is 0.335 e. The van der Waals surface area contributed by atoms with E-state index in [1.807, 2.05) is 0 Å². The van der Waals surface area contributed by atoms with E-state index >= 15 is 0 Å². The maximum absolute atomic E-state index is 10.2. The van der Waals surface area contributed by atoms with Gasteiger partial charge in [-0.15, -0.1) is 0 Å². The van der Waals surface area contributed by atoms with Gasteiger partial charge in [-0.05, 0) is 43.0 Å². The predicted molar refractivity (Wildman–Crippen MR) is 113 cm³/mol. The lowest BCUT2D eigenvalue weighted by Crippen LogP contribution is -2.08. The molecule has 2 aromatic rings. The van der Waals surface area contributed by atoms with Crippen molar-refractivity contribution >= 4 is 11.9 Å². The lowest BCUT2D eigenvalue weighted by molar-refractivity contribution is -0.0491. The standard InChI is InChI=1S/C9H20O2.2C7H6O2/c1-3-5-8(4-2)6-7-9(10)11;2*8-7(9)6-4-2-1-3-5-6/h8-11H,3-7H2,1-2H3;2*1-5H,(H,8,9). The van der Waals surface area contributed by atoms with Gasteiger partial charge in [0.15, 0.2) is 6.29 Å². The molecule has 6 heteroatoms. The van der Waals surface area contributed by atoms with Gasteiger partial charge < -0.3 is 20.4 Å². The van der Waals surface area contributed by atoms with Crippen LogP contribution in [0.2, 0.25) is 0 Å². The van der Waals surface area contributed by atoms with Gasteiger partial charge in [0.2, 0.25) is 0 Å². The maximum atomic E-state index is 10.2. The molecule has 0 aromatic heterocycles. The molecule has 1 atom stereocenters. The molecule has 0 bridgehead atoms. The summed E-state index contributed by atoms with van der Waals surface area (Å²) in [6.45, 7) is 4.32. The average molecular weight is 405 g/mol. The molecule has 0 amide bonds. The summed E-state index contributed by atoms with van der Waals surface area (Å²) in [7, 11) is 0. The molecule has 0 radical (unpaired) electrons. The molecular weight excluding hydrogens is 372 g/mol. The van der Waals surface area contributed by atoms with Crippen LogP contribution in [0.25, 0.3) is 0 Å². The largest absolute Gasteiger partial charge is 0.478 e. The molecule has 2 aromatic carbocycles. The third-order valence-corrected chi connectivity index (χ3v) is 4.15. The smallest absolute Gasteiger partial charge is 0.335 e. The number of aromatic carboxylic acids is 2. The molecule has 160 valence electrons. The van der Waals surface area contributed by atoms with Crippen LogP contribution in [0.1, 0.15) is 66.7 Å². The molecule has 0 saturated carbocycles. The van der Waals surface area contributed by atoms with Crippen molar-refractivity contribution in [1.29, 1.82) is 0 Å². The van der Waals surface area contributed by atoms with Crippen molar-refractivity contribution in [2.45, 2.75) is 52.2 Å². The summed E-state index contributed by atoms with van der Waals surface area (Å²) >= 11 is 0. The minimum atomic E-state index is -1.11. The number of aliphatic hydroxyl groups excluding tert-OH is 1. The first-order chi connectivity index (χ1) is 13.8. The molecule has 0 heterocycles. The van der Waals surface area contributed by atoms with Crippen molar-refractivity contribution in [3.8, 4) is 0 Å². The van der Waals surface area contributed by atoms with E-state index in [2.05, 4.69) is 13.8 Å². The molecule has 2 rings (SSSR count). The van der Waals surface area contributed by atoms with Gasteiger partial charge in [-0.2, -0.15) is 0 Å². The summed E-state index contributed by atoms with van der Waals surface area (Å²) in [5.74, 6) is -1.08. The Hall–Kier alpha value is -2.70. The van der Waals surface area contributed by atoms with E-state index in [1.54, 1.807) is 60.7 Å². The molecular formula is C23H32O6. The van der Waals surface area contributed by atoms with Crippen LogP contribution in [-0.2, 0) is 0 Å². The molecule has 1 unspecified atom stereocenters. The van der Waals surface area contributed by atoms with Crippen molar-refractivity contribution in [1.82, 2.24) is 0 Å². The quantitative estimate of drug-likeness (QED) is 0.475. The van der Waals surface area contributed by atoms with Crippen LogP contribution in [-0.4, -0.2) is 38.7 Å². The number of hydrogen-bond donors (Lipinski definition) is 4. The third kappa shape index (κ3) is 14.0. The highest BCUT2D eigenvalue weighted by Gasteiger charge is 2.06. The average Bonchev–Trinajstić information content (AvgIpc) is 2.73. The van der Waals surface area contributed by atoms with Crippen LogP contribution in [0.3, 0.4) is 0 Å². The van der Waals surface area contributed by atoms with E-state index < -0.39 is 18.2 Å². The Morgan fingerprint density at radius 3 is 1.38 bits per heavy atom. The van der Waals surface area contributed by atoms with Gasteiger partial charge in [0.05, 0.1) is 11.1 Å². The Bertz CT molecular complexity index is 621. The second-order valence-corrected chi connectivity index (χ2v) is 6.46. The first-order valence-electron chi connectivity index (χ1n) is 9.74. The molecule has 0 saturated heterocycles. The number of benzene rings is 2. The van der Waals surface area contributed by atoms with E-state index in [0.717, 1.165) is 12.8 Å². The summed E-state index contributed by atoms with van der Waals surface area (Å²) in [6.07, 6.45) is 3.92. The molecule has 0 fully saturated rings. The van der Waals surface area contributed by atoms with Crippen molar-refractivity contribution < 1.29 is 30.0 Å². The summed E-state index contributed by atoms with van der Waals surface area (Å²) in [5.41, 5.74) is 0.662. The molecule has 0 aliphatic heterocycles. The van der Waals surface area contributed by atoms with Crippen LogP contribution < -0.4 is 0 Å². The highest BCUT2D eigenvalue weighted by molar-refractivity contribution is 5.87. The number of rotatable bonds is 8. The van der Waals surface area contributed by atoms with Gasteiger partial charge >= 0.3 is 11.9 Å². The van der Waals surface area contributed by atoms with Gasteiger partial charge in [0, 0.05) is 0 Å². The SMILES string of the molecule is CCCC(CC)CCC(O)O.O=C(O)c1ccccc1.O=C(O)c1ccccc1. The molecule has 0 aliphatic carbocycles. The van der Waals surface area contributed by atoms with E-state index in [9.17, 15) is 9.59 Å². The first kappa shape index (κ1) is 26.3. The number of carboxylic acids is 2. The van der Waals surface area contributed by atoms with E-state index in [0.29, 0.717) is 23.5 Å². The Morgan fingerprint density at radius 2 is 1.14 bits per heavy atom. The Labute approximate surface area is 172 Å². The number of hydrogen-bond acceptors (Lipinski definition) is 4. The normalized spacial score (nSPS) is 10.8. The van der Waals surface area contributed by atoms with E-state index in [-0.39, 0.29) is 0 Å². The van der Waals surface area contributed by atoms with Gasteiger partial charge in [-0.1, -0.05) is 69.5 Å². The monoisotopic (exact) mass is 404 g/mol. The fourth-order valence-electron chi connectivity index (χ4n) is 2.51. The zero-order valence-electron chi connectivity index (χ0n) is 17.1. The number of carbonyl (C=O) groups is 2. The Kier molecular flexibility index (Phi) is 14.8. The molecule has 0 aliphatic rings. The lowest BCUT2D eigenvalue weighted by atomic mass is 9.95. The summed E-state index contributed by atoms with van der Waals surface area (Å²) in [6, 6.07) is 16.6. The van der Waals surface area contributed by atoms with Crippen LogP contribution in [0, 0.1) is 5.92 Å². The summed E-state index contributed by atoms with van der Waals surface area (Å²) in [4.78, 5) is 20.4. The topological polar surface area (TPSA) is 115 Å². The highest BCUT2D eigenvalue weighted by atomic mass is 16.5. The summed E-state index contributed by atoms with van der Waals surface area (Å²) < 4.78 is 0. The predicted octanol–water partition coefficient (Wildman–Crippen LogP) is 4.67. The van der Waals surface area contributed by atoms with Crippen LogP contribution in [0.5, 0.6) is 0 Å². The zero-order valence-corrected chi connectivity index (χ0v) is 17.1. The zero-order chi connectivity index (χ0) is 22.1. The van der Waals surface area contributed by atoms with Crippen LogP contribution in [0.15, 0.2) is 60.7 Å². The second-order valence-electron chi connectivity index (χ2n) is 6.46. The van der Waals surface area contributed by atoms with Crippen molar-refractivity contribution in [2.75, 3.05) is 0 Å². The fraction of sp³-hybridized carbons (Fsp3) is 0.391. The first-order valence-corrected chi connectivity index (χ1v) is 9.74. The van der Waals surface area contributed by atoms with E-state index in [4.69, 9.17) is 20.4 Å². The minimum Gasteiger partial charge on any atom is -0.478 e. The van der Waals surface area contributed by atoms with Crippen molar-refractivity contribution in [2.24, 2.45) is 5.92 Å². The number of carboxylic acid groups (broad SMARTS) is 2. The summed E-state index contributed by atoms with van der Waals surface area (Å²) in [5, 5.41) is 34.0. The Balaban J connectivity index is 0.000000408. The molecule has 6 nitrogen and oxygen atoms in total. The van der Waals surface area contributed by atoms with Gasteiger partial charge in [0.25, 0.3) is 0 Å². The van der Waals surface area contributed by atoms with Gasteiger partial charge in [-0.25, -0.2) is 9.59 Å². The molecule has 29 heavy (non-hydrogen) atoms. The molecule has 4 N–H and O–H groups in total. The van der Waals surface area contributed by atoms with E-state index in [1.165, 1.54) is 12.8 Å². The lowest BCUT2D eigenvalue weighted by Gasteiger charge is -2.13. The van der Waals surface area contributed by atoms with Crippen molar-refractivity contribution in [3.63, 3.8) is 0 Å². The highest BCUT2D eigenvalue weighted by Crippen LogP contribution is 2.17. The van der Waals surface area contributed by atoms with Crippen LogP contribution >= 0.6 is 0 Å². The fourth-order valence-corrected chi connectivity index (χ4v) is 2.51.